The summed E-state index contributed by atoms with van der Waals surface area (Å²) in [6.45, 7) is 6.47. The Kier molecular flexibility index (Phi) is 5.77. The molecule has 1 fully saturated rings. The van der Waals surface area contributed by atoms with Crippen molar-refractivity contribution in [2.45, 2.75) is 38.1 Å². The van der Waals surface area contributed by atoms with Gasteiger partial charge < -0.3 is 14.7 Å². The Morgan fingerprint density at radius 3 is 2.55 bits per heavy atom. The zero-order chi connectivity index (χ0) is 21.4. The van der Waals surface area contributed by atoms with E-state index in [9.17, 15) is 4.39 Å². The summed E-state index contributed by atoms with van der Waals surface area (Å²) in [4.78, 5) is 7.10. The quantitative estimate of drug-likeness (QED) is 0.553. The van der Waals surface area contributed by atoms with E-state index in [1.807, 2.05) is 18.2 Å². The van der Waals surface area contributed by atoms with Crippen LogP contribution in [0.2, 0.25) is 5.02 Å². The monoisotopic (exact) mass is 437 g/mol. The van der Waals surface area contributed by atoms with Gasteiger partial charge in [-0.15, -0.1) is 0 Å². The predicted octanol–water partition coefficient (Wildman–Crippen LogP) is 6.17. The molecule has 1 atom stereocenters. The zero-order valence-corrected chi connectivity index (χ0v) is 18.7. The van der Waals surface area contributed by atoms with Gasteiger partial charge in [-0.2, -0.15) is 0 Å². The second kappa shape index (κ2) is 8.68. The summed E-state index contributed by atoms with van der Waals surface area (Å²) < 4.78 is 14.0. The lowest BCUT2D eigenvalue weighted by atomic mass is 9.89. The Bertz CT molecular complexity index is 992. The molecule has 5 heteroatoms. The van der Waals surface area contributed by atoms with Crippen LogP contribution in [0, 0.1) is 5.82 Å². The van der Waals surface area contributed by atoms with E-state index in [1.165, 1.54) is 18.4 Å². The topological polar surface area (TPSA) is 9.72 Å². The number of nitrogens with zero attached hydrogens (tertiary/aromatic N) is 3. The highest BCUT2D eigenvalue weighted by Crippen LogP contribution is 2.41. The van der Waals surface area contributed by atoms with Gasteiger partial charge in [-0.3, -0.25) is 0 Å². The minimum Gasteiger partial charge on any atom is -0.344 e. The van der Waals surface area contributed by atoms with Crippen LogP contribution in [-0.4, -0.2) is 37.1 Å². The fourth-order valence-corrected chi connectivity index (χ4v) is 5.27. The Balaban J connectivity index is 1.18. The normalized spacial score (nSPS) is 21.3. The van der Waals surface area contributed by atoms with Gasteiger partial charge in [0, 0.05) is 23.8 Å². The summed E-state index contributed by atoms with van der Waals surface area (Å²) in [6, 6.07) is 13.8. The minimum absolute atomic E-state index is 0.178. The van der Waals surface area contributed by atoms with Gasteiger partial charge >= 0.3 is 0 Å². The average Bonchev–Trinajstić information content (AvgIpc) is 3.15. The molecular formula is C26H29ClFN3. The van der Waals surface area contributed by atoms with Crippen LogP contribution < -0.4 is 9.80 Å². The van der Waals surface area contributed by atoms with Gasteiger partial charge in [-0.25, -0.2) is 4.39 Å². The molecule has 31 heavy (non-hydrogen) atoms. The smallest absolute Gasteiger partial charge is 0.125 e. The number of rotatable bonds is 5. The molecule has 3 heterocycles. The molecule has 0 amide bonds. The first-order chi connectivity index (χ1) is 15.1. The summed E-state index contributed by atoms with van der Waals surface area (Å²) in [5.41, 5.74) is 4.63. The molecule has 3 aliphatic heterocycles. The third kappa shape index (κ3) is 4.24. The standard InChI is InChI=1S/C26H29ClFN3/c1-19-3-9-24-18-30(25-10-8-23(28)17-26(25)31(19)24)14-2-13-29-15-11-21(12-16-29)20-4-6-22(27)7-5-20/h3-10,17-19,21H,2,11-16H2,1H3. The van der Waals surface area contributed by atoms with Crippen molar-refractivity contribution in [3.8, 4) is 0 Å². The lowest BCUT2D eigenvalue weighted by molar-refractivity contribution is 0.211. The molecule has 1 saturated heterocycles. The van der Waals surface area contributed by atoms with Crippen LogP contribution in [0.3, 0.4) is 0 Å². The summed E-state index contributed by atoms with van der Waals surface area (Å²) in [7, 11) is 0. The maximum atomic E-state index is 14.0. The van der Waals surface area contributed by atoms with E-state index < -0.39 is 0 Å². The SMILES string of the molecule is CC1C=CC2=CN(CCCN3CCC(c4ccc(Cl)cc4)CC3)c3ccc(F)cc3N21. The summed E-state index contributed by atoms with van der Waals surface area (Å²) in [5, 5.41) is 0.809. The summed E-state index contributed by atoms with van der Waals surface area (Å²) in [6.07, 6.45) is 10.0. The number of anilines is 2. The van der Waals surface area contributed by atoms with E-state index in [2.05, 4.69) is 52.1 Å². The van der Waals surface area contributed by atoms with E-state index in [0.29, 0.717) is 5.92 Å². The molecule has 0 bridgehead atoms. The Morgan fingerprint density at radius 2 is 1.77 bits per heavy atom. The number of piperidine rings is 1. The fraction of sp³-hybridized carbons (Fsp3) is 0.385. The van der Waals surface area contributed by atoms with E-state index in [-0.39, 0.29) is 11.9 Å². The highest BCUT2D eigenvalue weighted by Gasteiger charge is 2.29. The number of benzene rings is 2. The van der Waals surface area contributed by atoms with Gasteiger partial charge in [0.2, 0.25) is 0 Å². The van der Waals surface area contributed by atoms with Gasteiger partial charge in [-0.05, 0) is 93.7 Å². The van der Waals surface area contributed by atoms with Crippen molar-refractivity contribution in [1.29, 1.82) is 0 Å². The van der Waals surface area contributed by atoms with Gasteiger partial charge in [0.05, 0.1) is 17.1 Å². The largest absolute Gasteiger partial charge is 0.344 e. The molecule has 5 rings (SSSR count). The average molecular weight is 438 g/mol. The summed E-state index contributed by atoms with van der Waals surface area (Å²) >= 11 is 6.03. The van der Waals surface area contributed by atoms with E-state index in [4.69, 9.17) is 11.6 Å². The second-order valence-corrected chi connectivity index (χ2v) is 9.31. The van der Waals surface area contributed by atoms with Crippen LogP contribution in [-0.2, 0) is 0 Å². The third-order valence-corrected chi connectivity index (χ3v) is 7.08. The third-order valence-electron chi connectivity index (χ3n) is 6.83. The van der Waals surface area contributed by atoms with Gasteiger partial charge in [-0.1, -0.05) is 29.8 Å². The summed E-state index contributed by atoms with van der Waals surface area (Å²) in [5.74, 6) is 0.465. The molecule has 3 nitrogen and oxygen atoms in total. The zero-order valence-electron chi connectivity index (χ0n) is 18.0. The van der Waals surface area contributed by atoms with Crippen LogP contribution in [0.1, 0.15) is 37.7 Å². The van der Waals surface area contributed by atoms with Crippen LogP contribution >= 0.6 is 11.6 Å². The molecule has 2 aromatic rings. The van der Waals surface area contributed by atoms with Crippen LogP contribution in [0.25, 0.3) is 0 Å². The Hall–Kier alpha value is -2.30. The van der Waals surface area contributed by atoms with Crippen LogP contribution in [0.15, 0.2) is 66.5 Å². The number of hydrogen-bond donors (Lipinski definition) is 0. The van der Waals surface area contributed by atoms with Crippen molar-refractivity contribution >= 4 is 23.0 Å². The first-order valence-corrected chi connectivity index (χ1v) is 11.7. The van der Waals surface area contributed by atoms with Crippen molar-refractivity contribution in [1.82, 2.24) is 4.90 Å². The Morgan fingerprint density at radius 1 is 1.00 bits per heavy atom. The molecule has 162 valence electrons. The van der Waals surface area contributed by atoms with Crippen molar-refractivity contribution < 1.29 is 4.39 Å². The van der Waals surface area contributed by atoms with E-state index in [1.54, 1.807) is 12.1 Å². The fourth-order valence-electron chi connectivity index (χ4n) is 5.14. The highest BCUT2D eigenvalue weighted by molar-refractivity contribution is 6.30. The van der Waals surface area contributed by atoms with Crippen molar-refractivity contribution in [2.24, 2.45) is 0 Å². The number of hydrogen-bond acceptors (Lipinski definition) is 3. The first kappa shape index (κ1) is 20.6. The van der Waals surface area contributed by atoms with Gasteiger partial charge in [0.25, 0.3) is 0 Å². The van der Waals surface area contributed by atoms with Crippen molar-refractivity contribution in [3.63, 3.8) is 0 Å². The first-order valence-electron chi connectivity index (χ1n) is 11.3. The van der Waals surface area contributed by atoms with E-state index in [0.717, 1.165) is 54.7 Å². The molecule has 0 aromatic heterocycles. The molecule has 3 aliphatic rings. The minimum atomic E-state index is -0.178. The molecule has 0 saturated carbocycles. The van der Waals surface area contributed by atoms with Crippen molar-refractivity contribution in [2.75, 3.05) is 36.0 Å². The van der Waals surface area contributed by atoms with Crippen LogP contribution in [0.5, 0.6) is 0 Å². The molecular weight excluding hydrogens is 409 g/mol. The second-order valence-electron chi connectivity index (χ2n) is 8.87. The van der Waals surface area contributed by atoms with Crippen LogP contribution in [0.4, 0.5) is 15.8 Å². The molecule has 0 N–H and O–H groups in total. The number of fused-ring (bicyclic) bond motifs is 3. The van der Waals surface area contributed by atoms with Gasteiger partial charge in [0.1, 0.15) is 5.82 Å². The Labute approximate surface area is 189 Å². The van der Waals surface area contributed by atoms with Crippen molar-refractivity contribution in [3.05, 3.63) is 82.9 Å². The van der Waals surface area contributed by atoms with Gasteiger partial charge in [0.15, 0.2) is 0 Å². The highest BCUT2D eigenvalue weighted by atomic mass is 35.5. The predicted molar refractivity (Wildman–Crippen MR) is 127 cm³/mol. The molecule has 0 spiro atoms. The number of halogens is 2. The molecule has 2 aromatic carbocycles. The van der Waals surface area contributed by atoms with E-state index >= 15 is 0 Å². The number of allylic oxidation sites excluding steroid dienone is 1. The lowest BCUT2D eigenvalue weighted by Crippen LogP contribution is -2.37. The maximum Gasteiger partial charge on any atom is 0.125 e. The molecule has 0 radical (unpaired) electrons. The lowest BCUT2D eigenvalue weighted by Gasteiger charge is -2.37. The number of likely N-dealkylation sites (tertiary alicyclic amines) is 1. The maximum absolute atomic E-state index is 14.0. The molecule has 1 unspecified atom stereocenters. The molecule has 0 aliphatic carbocycles.